The minimum atomic E-state index is -0.853. The number of hydrogen-bond donors (Lipinski definition) is 0. The van der Waals surface area contributed by atoms with Crippen LogP contribution in [0.4, 0.5) is 0 Å². The monoisotopic (exact) mass is 596 g/mol. The summed E-state index contributed by atoms with van der Waals surface area (Å²) in [4.78, 5) is 34.9. The van der Waals surface area contributed by atoms with Crippen LogP contribution in [0.2, 0.25) is 0 Å². The Hall–Kier alpha value is -2.43. The lowest BCUT2D eigenvalue weighted by molar-refractivity contribution is -0.209. The van der Waals surface area contributed by atoms with Crippen LogP contribution in [-0.2, 0) is 33.4 Å². The number of cyclic esters (lactones) is 2. The van der Waals surface area contributed by atoms with E-state index in [9.17, 15) is 9.59 Å². The van der Waals surface area contributed by atoms with Gasteiger partial charge in [0.1, 0.15) is 24.9 Å². The molecule has 7 aliphatic rings. The van der Waals surface area contributed by atoms with Crippen LogP contribution in [0.3, 0.4) is 0 Å². The molecule has 2 aliphatic carbocycles. The van der Waals surface area contributed by atoms with Crippen LogP contribution in [0.15, 0.2) is 28.2 Å². The third-order valence-corrected chi connectivity index (χ3v) is 12.9. The van der Waals surface area contributed by atoms with Crippen molar-refractivity contribution in [2.45, 2.75) is 102 Å². The Kier molecular flexibility index (Phi) is 6.07. The maximum Gasteiger partial charge on any atom is 0.339 e. The van der Waals surface area contributed by atoms with E-state index in [1.54, 1.807) is 12.5 Å². The molecule has 5 aliphatic heterocycles. The molecule has 0 amide bonds. The van der Waals surface area contributed by atoms with E-state index in [0.717, 1.165) is 43.8 Å². The van der Waals surface area contributed by atoms with Gasteiger partial charge in [-0.2, -0.15) is 0 Å². The lowest BCUT2D eigenvalue weighted by Gasteiger charge is -2.65. The summed E-state index contributed by atoms with van der Waals surface area (Å²) in [5.41, 5.74) is -1.21. The summed E-state index contributed by atoms with van der Waals surface area (Å²) in [6.45, 7) is 12.6. The maximum absolute atomic E-state index is 13.6. The van der Waals surface area contributed by atoms with Crippen molar-refractivity contribution in [3.05, 3.63) is 24.2 Å². The van der Waals surface area contributed by atoms with Crippen LogP contribution in [0.5, 0.6) is 0 Å². The van der Waals surface area contributed by atoms with E-state index in [0.29, 0.717) is 19.6 Å². The van der Waals surface area contributed by atoms with Crippen LogP contribution < -0.4 is 0 Å². The number of fused-ring (bicyclic) bond motifs is 1. The number of nitrogens with zero attached hydrogens (tertiary/aromatic N) is 2. The lowest BCUT2D eigenvalue weighted by atomic mass is 9.37. The van der Waals surface area contributed by atoms with Gasteiger partial charge in [-0.15, -0.1) is 0 Å². The van der Waals surface area contributed by atoms with Crippen molar-refractivity contribution >= 4 is 17.7 Å². The van der Waals surface area contributed by atoms with Gasteiger partial charge in [-0.1, -0.05) is 25.4 Å². The van der Waals surface area contributed by atoms with E-state index >= 15 is 0 Å². The molecule has 6 heterocycles. The lowest BCUT2D eigenvalue weighted by Crippen LogP contribution is -2.72. The highest BCUT2D eigenvalue weighted by atomic mass is 16.7. The zero-order valence-corrected chi connectivity index (χ0v) is 25.8. The molecular weight excluding hydrogens is 552 g/mol. The summed E-state index contributed by atoms with van der Waals surface area (Å²) in [6.07, 6.45) is 8.03. The van der Waals surface area contributed by atoms with Crippen molar-refractivity contribution < 1.29 is 37.8 Å². The van der Waals surface area contributed by atoms with Crippen molar-refractivity contribution in [2.75, 3.05) is 32.8 Å². The summed E-state index contributed by atoms with van der Waals surface area (Å²) < 4.78 is 31.0. The second-order valence-corrected chi connectivity index (χ2v) is 15.0. The van der Waals surface area contributed by atoms with Gasteiger partial charge in [0.2, 0.25) is 0 Å². The van der Waals surface area contributed by atoms with Gasteiger partial charge in [-0.3, -0.25) is 9.69 Å². The zero-order valence-electron chi connectivity index (χ0n) is 25.8. The van der Waals surface area contributed by atoms with Crippen molar-refractivity contribution in [3.8, 4) is 0 Å². The summed E-state index contributed by atoms with van der Waals surface area (Å²) in [5.74, 6) is -0.490. The minimum absolute atomic E-state index is 0.00274. The Morgan fingerprint density at radius 3 is 2.60 bits per heavy atom. The van der Waals surface area contributed by atoms with E-state index in [4.69, 9.17) is 33.4 Å². The number of carbonyl (C=O) groups is 2. The maximum atomic E-state index is 13.6. The molecule has 2 saturated carbocycles. The summed E-state index contributed by atoms with van der Waals surface area (Å²) in [6, 6.07) is 1.88. The number of esters is 2. The number of rotatable bonds is 5. The van der Waals surface area contributed by atoms with E-state index in [2.05, 4.69) is 32.6 Å². The third kappa shape index (κ3) is 3.54. The molecule has 1 aromatic rings. The number of oxime groups is 1. The SMILES string of the molecule is CC1(C)O[C@H]2CC(=O)OC[C@]23[C@H]2CC[C@@]4(C)[C@H](c5ccoc5)OC(=O)[C@H]5O[C@]54[C@]2(C)/C(=N\OCCN2CCCCC2)C[C@@H]13. The zero-order chi connectivity index (χ0) is 29.8. The number of epoxide rings is 1. The second-order valence-electron chi connectivity index (χ2n) is 15.0. The van der Waals surface area contributed by atoms with Crippen molar-refractivity contribution in [1.82, 2.24) is 4.90 Å². The number of hydrogen-bond acceptors (Lipinski definition) is 10. The normalized spacial score (nSPS) is 47.3. The van der Waals surface area contributed by atoms with Crippen LogP contribution >= 0.6 is 0 Å². The van der Waals surface area contributed by atoms with E-state index in [1.807, 2.05) is 6.07 Å². The van der Waals surface area contributed by atoms with Crippen molar-refractivity contribution in [1.29, 1.82) is 0 Å². The predicted octanol–water partition coefficient (Wildman–Crippen LogP) is 4.43. The molecule has 10 nitrogen and oxygen atoms in total. The number of furan rings is 1. The summed E-state index contributed by atoms with van der Waals surface area (Å²) in [5, 5.41) is 4.98. The summed E-state index contributed by atoms with van der Waals surface area (Å²) >= 11 is 0. The van der Waals surface area contributed by atoms with Crippen molar-refractivity contribution in [3.63, 3.8) is 0 Å². The van der Waals surface area contributed by atoms with Gasteiger partial charge in [-0.05, 0) is 71.0 Å². The van der Waals surface area contributed by atoms with Crippen LogP contribution in [0.25, 0.3) is 0 Å². The average molecular weight is 597 g/mol. The Balaban J connectivity index is 1.23. The number of likely N-dealkylation sites (tertiary alicyclic amines) is 1. The Morgan fingerprint density at radius 1 is 1.02 bits per heavy atom. The molecule has 0 unspecified atom stereocenters. The van der Waals surface area contributed by atoms with E-state index in [-0.39, 0.29) is 36.3 Å². The highest BCUT2D eigenvalue weighted by Crippen LogP contribution is 2.80. The van der Waals surface area contributed by atoms with Gasteiger partial charge in [-0.25, -0.2) is 4.79 Å². The Labute approximate surface area is 252 Å². The fourth-order valence-electron chi connectivity index (χ4n) is 11.0. The topological polar surface area (TPSA) is 112 Å². The molecule has 9 atom stereocenters. The molecular formula is C33H44N2O8. The number of carbonyl (C=O) groups excluding carboxylic acids is 2. The highest BCUT2D eigenvalue weighted by molar-refractivity contribution is 5.96. The first-order chi connectivity index (χ1) is 20.6. The highest BCUT2D eigenvalue weighted by Gasteiger charge is 2.89. The van der Waals surface area contributed by atoms with Gasteiger partial charge in [0.15, 0.2) is 6.10 Å². The molecule has 0 bridgehead atoms. The molecule has 1 aromatic heterocycles. The minimum Gasteiger partial charge on any atom is -0.472 e. The summed E-state index contributed by atoms with van der Waals surface area (Å²) in [7, 11) is 0. The fourth-order valence-corrected chi connectivity index (χ4v) is 11.0. The molecule has 10 heteroatoms. The number of ether oxygens (including phenoxy) is 4. The van der Waals surface area contributed by atoms with Gasteiger partial charge in [0.25, 0.3) is 0 Å². The van der Waals surface area contributed by atoms with Crippen LogP contribution in [-0.4, -0.2) is 78.8 Å². The van der Waals surface area contributed by atoms with Crippen LogP contribution in [0, 0.1) is 28.1 Å². The Bertz CT molecular complexity index is 1340. The van der Waals surface area contributed by atoms with Crippen LogP contribution in [0.1, 0.15) is 84.3 Å². The molecule has 0 N–H and O–H groups in total. The largest absolute Gasteiger partial charge is 0.472 e. The Morgan fingerprint density at radius 2 is 1.84 bits per heavy atom. The first-order valence-electron chi connectivity index (χ1n) is 16.2. The molecule has 0 radical (unpaired) electrons. The molecule has 0 aromatic carbocycles. The smallest absolute Gasteiger partial charge is 0.339 e. The third-order valence-electron chi connectivity index (χ3n) is 12.9. The van der Waals surface area contributed by atoms with Gasteiger partial charge in [0.05, 0.1) is 36.4 Å². The predicted molar refractivity (Wildman–Crippen MR) is 153 cm³/mol. The number of piperidine rings is 1. The second kappa shape index (κ2) is 9.30. The van der Waals surface area contributed by atoms with Crippen molar-refractivity contribution in [2.24, 2.45) is 33.2 Å². The quantitative estimate of drug-likeness (QED) is 0.211. The molecule has 43 heavy (non-hydrogen) atoms. The fraction of sp³-hybridized carbons (Fsp3) is 0.788. The van der Waals surface area contributed by atoms with E-state index in [1.165, 1.54) is 19.3 Å². The molecule has 2 spiro atoms. The first-order valence-corrected chi connectivity index (χ1v) is 16.2. The molecule has 5 saturated heterocycles. The molecule has 8 rings (SSSR count). The molecule has 234 valence electrons. The van der Waals surface area contributed by atoms with Gasteiger partial charge in [0, 0.05) is 34.3 Å². The first kappa shape index (κ1) is 28.1. The average Bonchev–Trinajstić information content (AvgIpc) is 3.46. The van der Waals surface area contributed by atoms with Gasteiger partial charge >= 0.3 is 11.9 Å². The van der Waals surface area contributed by atoms with Gasteiger partial charge < -0.3 is 28.2 Å². The molecule has 7 fully saturated rings. The van der Waals surface area contributed by atoms with E-state index < -0.39 is 39.7 Å². The standard InChI is InChI=1S/C33H44N2O8/c1-29(2)22-16-23(34-40-15-13-35-11-6-5-7-12-35)31(4)21(32(22)19-39-25(36)17-24(32)42-29)8-10-30(3)26(20-9-14-38-18-20)41-28(37)27-33(30,31)43-27/h9,14,18,21-22,24,26-27H,5-8,10-13,15-17,19H2,1-4H3/b34-23-/t21-,22-,24-,26-,27+,30-,31-,32+,33+/m0/s1.